The van der Waals surface area contributed by atoms with Crippen molar-refractivity contribution in [3.05, 3.63) is 0 Å². The Morgan fingerprint density at radius 1 is 1.20 bits per heavy atom. The zero-order chi connectivity index (χ0) is 16.2. The van der Waals surface area contributed by atoms with E-state index in [4.69, 9.17) is 8.85 Å². The predicted octanol–water partition coefficient (Wildman–Crippen LogP) is 2.75. The highest BCUT2D eigenvalue weighted by Crippen LogP contribution is 2.54. The Morgan fingerprint density at radius 2 is 1.65 bits per heavy atom. The summed E-state index contributed by atoms with van der Waals surface area (Å²) in [6.07, 6.45) is 0. The highest BCUT2D eigenvalue weighted by molar-refractivity contribution is 6.88. The van der Waals surface area contributed by atoms with Crippen molar-refractivity contribution >= 4 is 25.2 Å². The smallest absolute Gasteiger partial charge is 0.329 e. The highest BCUT2D eigenvalue weighted by atomic mass is 28.4. The predicted molar refractivity (Wildman–Crippen MR) is 89.6 cm³/mol. The van der Waals surface area contributed by atoms with Gasteiger partial charge < -0.3 is 18.4 Å². The monoisotopic (exact) mass is 336 g/mol. The molecule has 0 aromatic rings. The van der Waals surface area contributed by atoms with E-state index in [-0.39, 0.29) is 11.1 Å². The summed E-state index contributed by atoms with van der Waals surface area (Å²) in [5.74, 6) is 0.253. The third kappa shape index (κ3) is 3.45. The van der Waals surface area contributed by atoms with Crippen molar-refractivity contribution in [1.82, 2.24) is 0 Å². The fourth-order valence-corrected chi connectivity index (χ4v) is 12.4. The summed E-state index contributed by atoms with van der Waals surface area (Å²) in [5.41, 5.74) is 0. The second kappa shape index (κ2) is 5.00. The van der Waals surface area contributed by atoms with Gasteiger partial charge in [-0.2, -0.15) is 0 Å². The van der Waals surface area contributed by atoms with E-state index in [0.29, 0.717) is 0 Å². The summed E-state index contributed by atoms with van der Waals surface area (Å²) in [6.45, 7) is 17.9. The van der Waals surface area contributed by atoms with Crippen LogP contribution in [0.5, 0.6) is 0 Å². The first kappa shape index (κ1) is 18.5. The second-order valence-corrected chi connectivity index (χ2v) is 19.4. The average molecular weight is 337 g/mol. The summed E-state index contributed by atoms with van der Waals surface area (Å²) in [7, 11) is -7.07. The van der Waals surface area contributed by atoms with Crippen molar-refractivity contribution in [2.75, 3.05) is 0 Å². The first-order valence-electron chi connectivity index (χ1n) is 7.41. The van der Waals surface area contributed by atoms with Crippen LogP contribution >= 0.6 is 0 Å². The van der Waals surface area contributed by atoms with Gasteiger partial charge in [0.2, 0.25) is 16.6 Å². The molecule has 0 bridgehead atoms. The maximum Gasteiger partial charge on any atom is 0.329 e. The molecule has 7 heteroatoms. The highest BCUT2D eigenvalue weighted by Gasteiger charge is 2.71. The lowest BCUT2D eigenvalue weighted by Crippen LogP contribution is -2.61. The van der Waals surface area contributed by atoms with Crippen LogP contribution in [0.15, 0.2) is 0 Å². The minimum atomic E-state index is -2.56. The zero-order valence-corrected chi connectivity index (χ0v) is 17.5. The lowest BCUT2D eigenvalue weighted by molar-refractivity contribution is 0.0786. The van der Waals surface area contributed by atoms with Gasteiger partial charge in [0.15, 0.2) is 0 Å². The lowest BCUT2D eigenvalue weighted by Gasteiger charge is -2.45. The van der Waals surface area contributed by atoms with Crippen molar-refractivity contribution in [3.8, 4) is 0 Å². The molecule has 3 unspecified atom stereocenters. The molecule has 0 saturated carbocycles. The van der Waals surface area contributed by atoms with E-state index in [9.17, 15) is 9.59 Å². The van der Waals surface area contributed by atoms with Crippen LogP contribution in [0.1, 0.15) is 27.7 Å². The molecule has 120 valence electrons. The van der Waals surface area contributed by atoms with Gasteiger partial charge in [-0.1, -0.05) is 13.8 Å². The van der Waals surface area contributed by atoms with Gasteiger partial charge in [-0.05, 0) is 58.5 Å². The largest absolute Gasteiger partial charge is 0.429 e. The quantitative estimate of drug-likeness (QED) is 0.732. The van der Waals surface area contributed by atoms with E-state index in [1.807, 2.05) is 20.0 Å². The summed E-state index contributed by atoms with van der Waals surface area (Å²) >= 11 is 0. The third-order valence-corrected chi connectivity index (χ3v) is 13.7. The number of rotatable bonds is 6. The van der Waals surface area contributed by atoms with E-state index in [0.717, 1.165) is 6.04 Å². The normalized spacial score (nSPS) is 34.2. The van der Waals surface area contributed by atoms with Crippen LogP contribution in [-0.2, 0) is 8.85 Å². The molecule has 0 aromatic heterocycles. The van der Waals surface area contributed by atoms with Crippen molar-refractivity contribution < 1.29 is 18.4 Å². The minimum absolute atomic E-state index is 0.253. The van der Waals surface area contributed by atoms with Gasteiger partial charge >= 0.3 is 8.56 Å². The zero-order valence-electron chi connectivity index (χ0n) is 14.5. The molecule has 0 spiro atoms. The molecule has 3 atom stereocenters. The van der Waals surface area contributed by atoms with Crippen molar-refractivity contribution in [3.63, 3.8) is 0 Å². The average Bonchev–Trinajstić information content (AvgIpc) is 2.60. The Morgan fingerprint density at radius 3 is 1.95 bits per heavy atom. The molecular formula is C13H32O4Si3. The molecule has 1 fully saturated rings. The topological polar surface area (TPSA) is 58.9 Å². The molecule has 20 heavy (non-hydrogen) atoms. The van der Waals surface area contributed by atoms with Crippen LogP contribution < -0.4 is 0 Å². The van der Waals surface area contributed by atoms with E-state index >= 15 is 0 Å². The number of hydrogen-bond acceptors (Lipinski definition) is 4. The molecule has 1 aliphatic rings. The lowest BCUT2D eigenvalue weighted by atomic mass is 10.1. The van der Waals surface area contributed by atoms with Gasteiger partial charge in [0, 0.05) is 0 Å². The molecule has 1 heterocycles. The van der Waals surface area contributed by atoms with Crippen molar-refractivity contribution in [2.45, 2.75) is 76.9 Å². The molecule has 0 aliphatic carbocycles. The van der Waals surface area contributed by atoms with Crippen LogP contribution in [-0.4, -0.2) is 45.2 Å². The van der Waals surface area contributed by atoms with Crippen LogP contribution in [0.3, 0.4) is 0 Å². The molecule has 1 aliphatic heterocycles. The SMILES string of the molecule is CC(C)C(C)(O[Si]1(C)CC1(C)O[Si](C)(C)O)[Si](C)(C)O. The summed E-state index contributed by atoms with van der Waals surface area (Å²) < 4.78 is 12.5. The Hall–Kier alpha value is 0.491. The Labute approximate surface area is 127 Å². The first-order chi connectivity index (χ1) is 8.56. The van der Waals surface area contributed by atoms with Gasteiger partial charge in [0.05, 0.1) is 10.4 Å². The Bertz CT molecular complexity index is 377. The minimum Gasteiger partial charge on any atom is -0.429 e. The summed E-state index contributed by atoms with van der Waals surface area (Å²) in [4.78, 5) is 20.7. The van der Waals surface area contributed by atoms with Gasteiger partial charge in [0.1, 0.15) is 0 Å². The van der Waals surface area contributed by atoms with Crippen LogP contribution in [0.25, 0.3) is 0 Å². The fraction of sp³-hybridized carbons (Fsp3) is 1.00. The van der Waals surface area contributed by atoms with Gasteiger partial charge in [-0.3, -0.25) is 0 Å². The molecule has 1 saturated heterocycles. The fourth-order valence-electron chi connectivity index (χ4n) is 2.86. The third-order valence-electron chi connectivity index (χ3n) is 4.90. The molecular weight excluding hydrogens is 304 g/mol. The maximum absolute atomic E-state index is 10.7. The molecule has 4 nitrogen and oxygen atoms in total. The molecule has 0 radical (unpaired) electrons. The van der Waals surface area contributed by atoms with Gasteiger partial charge in [-0.25, -0.2) is 0 Å². The molecule has 0 amide bonds. The molecule has 0 aromatic carbocycles. The first-order valence-corrected chi connectivity index (χ1v) is 15.8. The van der Waals surface area contributed by atoms with Gasteiger partial charge in [-0.15, -0.1) is 0 Å². The van der Waals surface area contributed by atoms with E-state index < -0.39 is 30.4 Å². The van der Waals surface area contributed by atoms with Crippen LogP contribution in [0, 0.1) is 5.92 Å². The Balaban J connectivity index is 2.93. The Kier molecular flexibility index (Phi) is 4.64. The van der Waals surface area contributed by atoms with E-state index in [2.05, 4.69) is 27.3 Å². The number of hydrogen-bond donors (Lipinski definition) is 2. The van der Waals surface area contributed by atoms with E-state index in [1.54, 1.807) is 13.1 Å². The summed E-state index contributed by atoms with van der Waals surface area (Å²) in [5, 5.41) is -0.788. The van der Waals surface area contributed by atoms with Crippen LogP contribution in [0.2, 0.25) is 38.8 Å². The van der Waals surface area contributed by atoms with Gasteiger partial charge in [0.25, 0.3) is 0 Å². The standard InChI is InChI=1S/C13H32O4Si3/c1-11(2)13(4,18(5,6)14)17-20(9)10-12(20,3)16-19(7,8)15/h11,14-15H,10H2,1-9H3. The van der Waals surface area contributed by atoms with E-state index in [1.165, 1.54) is 0 Å². The maximum atomic E-state index is 10.7. The van der Waals surface area contributed by atoms with Crippen molar-refractivity contribution in [1.29, 1.82) is 0 Å². The summed E-state index contributed by atoms with van der Waals surface area (Å²) in [6, 6.07) is 0.893. The van der Waals surface area contributed by atoms with Crippen LogP contribution in [0.4, 0.5) is 0 Å². The molecule has 2 N–H and O–H groups in total. The van der Waals surface area contributed by atoms with Crippen molar-refractivity contribution in [2.24, 2.45) is 5.92 Å². The second-order valence-electron chi connectivity index (χ2n) is 8.11. The molecule has 1 rings (SSSR count).